The van der Waals surface area contributed by atoms with Crippen LogP contribution in [0.1, 0.15) is 208 Å². The molecule has 3 aromatic heterocycles. The van der Waals surface area contributed by atoms with E-state index < -0.39 is 65.6 Å². The lowest BCUT2D eigenvalue weighted by molar-refractivity contribution is -0.141. The highest BCUT2D eigenvalue weighted by atomic mass is 16.5. The summed E-state index contributed by atoms with van der Waals surface area (Å²) in [6.07, 6.45) is 20.6. The van der Waals surface area contributed by atoms with Gasteiger partial charge in [0.1, 0.15) is 65.7 Å². The molecule has 3 aliphatic rings. The quantitative estimate of drug-likeness (QED) is 0.0197. The van der Waals surface area contributed by atoms with Crippen LogP contribution in [0.5, 0.6) is 34.5 Å². The van der Waals surface area contributed by atoms with Crippen LogP contribution in [0.3, 0.4) is 0 Å². The third-order valence-electron chi connectivity index (χ3n) is 21.4. The molecule has 6 N–H and O–H groups in total. The predicted molar refractivity (Wildman–Crippen MR) is 426 cm³/mol. The first kappa shape index (κ1) is 89.1. The number of methoxy groups -OCH3 is 8. The van der Waals surface area contributed by atoms with Gasteiger partial charge in [0.2, 0.25) is 11.8 Å². The van der Waals surface area contributed by atoms with Crippen LogP contribution in [0.2, 0.25) is 0 Å². The van der Waals surface area contributed by atoms with Gasteiger partial charge in [-0.15, -0.1) is 0 Å². The van der Waals surface area contributed by atoms with Crippen molar-refractivity contribution < 1.29 is 81.4 Å². The molecule has 28 nitrogen and oxygen atoms in total. The minimum absolute atomic E-state index is 0.175. The number of amides is 5. The second kappa shape index (κ2) is 45.4. The van der Waals surface area contributed by atoms with Gasteiger partial charge in [0.25, 0.3) is 17.7 Å². The highest BCUT2D eigenvalue weighted by molar-refractivity contribution is 5.99. The summed E-state index contributed by atoms with van der Waals surface area (Å²) in [6, 6.07) is 19.1. The van der Waals surface area contributed by atoms with E-state index in [2.05, 4.69) is 87.8 Å². The number of ether oxygens (including phenoxy) is 8. The molecule has 5 amide bonds. The highest BCUT2D eigenvalue weighted by Crippen LogP contribution is 2.43. The van der Waals surface area contributed by atoms with E-state index in [1.54, 1.807) is 70.2 Å². The largest absolute Gasteiger partial charge is 0.496 e. The average molecular weight is 1560 g/mol. The van der Waals surface area contributed by atoms with Crippen LogP contribution in [-0.2, 0) is 53.1 Å². The van der Waals surface area contributed by atoms with E-state index in [1.807, 2.05) is 59.3 Å². The molecule has 3 aliphatic carbocycles. The Hall–Kier alpha value is -10.2. The maximum Gasteiger partial charge on any atom is 0.326 e. The van der Waals surface area contributed by atoms with Gasteiger partial charge in [0, 0.05) is 19.6 Å². The first-order valence-electron chi connectivity index (χ1n) is 39.7. The zero-order chi connectivity index (χ0) is 81.4. The number of carbonyl (C=O) groups excluding carboxylic acids is 7. The van der Waals surface area contributed by atoms with E-state index in [0.717, 1.165) is 96.3 Å². The van der Waals surface area contributed by atoms with Crippen molar-refractivity contribution in [2.75, 3.05) is 70.0 Å². The fraction of sp³-hybridized carbons (Fsp3) is 0.583. The number of aromatic nitrogens is 6. The lowest BCUT2D eigenvalue weighted by Crippen LogP contribution is -2.49. The Labute approximate surface area is 659 Å². The molecule has 3 saturated carbocycles. The number of esters is 2. The van der Waals surface area contributed by atoms with E-state index in [9.17, 15) is 43.5 Å². The summed E-state index contributed by atoms with van der Waals surface area (Å²) in [4.78, 5) is 101. The molecular weight excluding hydrogens is 1430 g/mol. The molecule has 6 aromatic rings. The number of nitrogens with one attached hydrogen (secondary N) is 5. The second-order valence-corrected chi connectivity index (χ2v) is 29.7. The minimum Gasteiger partial charge on any atom is -0.496 e. The van der Waals surface area contributed by atoms with Crippen LogP contribution >= 0.6 is 0 Å². The Morgan fingerprint density at radius 1 is 0.420 bits per heavy atom. The number of carboxylic acids is 1. The number of hydrogen-bond acceptors (Lipinski definition) is 19. The maximum atomic E-state index is 13.6. The van der Waals surface area contributed by atoms with Gasteiger partial charge in [0.15, 0.2) is 17.1 Å². The smallest absolute Gasteiger partial charge is 0.326 e. The molecule has 0 spiro atoms. The molecule has 112 heavy (non-hydrogen) atoms. The van der Waals surface area contributed by atoms with Gasteiger partial charge in [0.05, 0.1) is 90.7 Å². The van der Waals surface area contributed by atoms with E-state index in [4.69, 9.17) is 33.5 Å². The number of rotatable bonds is 37. The van der Waals surface area contributed by atoms with E-state index >= 15 is 0 Å². The van der Waals surface area contributed by atoms with E-state index in [1.165, 1.54) is 33.5 Å². The van der Waals surface area contributed by atoms with Crippen molar-refractivity contribution in [1.29, 1.82) is 0 Å². The van der Waals surface area contributed by atoms with Crippen molar-refractivity contribution in [3.8, 4) is 68.3 Å². The molecule has 3 aromatic carbocycles. The lowest BCUT2D eigenvalue weighted by Gasteiger charge is -2.26. The van der Waals surface area contributed by atoms with Gasteiger partial charge in [-0.25, -0.2) is 4.79 Å². The average Bonchev–Trinajstić information content (AvgIpc) is 1.63. The Bertz CT molecular complexity index is 3960. The van der Waals surface area contributed by atoms with Gasteiger partial charge in [-0.3, -0.25) is 47.6 Å². The topological polar surface area (TPSA) is 344 Å². The summed E-state index contributed by atoms with van der Waals surface area (Å²) in [6.45, 7) is 13.9. The SMILES string of the molecule is CCC(C)Cn1nc(C(=O)N[C@@H](CC2CCCCC2)C(=O)NCC(=O)OC)cc1-c1c(OC)cccc1OC.CCC(CC)Cn1nc(C(=O)N[C@@H](CC2CCCCC2)C(=O)NCC(=O)OC)cc1-c1c(OC)cccc1OC.COc1cccc(OC)c1-c1cc(C(=O)N[C@@H](CC2CCCCC2)C(=O)O)nn1CC(C)C. The first-order valence-corrected chi connectivity index (χ1v) is 39.7. The predicted octanol–water partition coefficient (Wildman–Crippen LogP) is 12.7. The molecule has 3 fully saturated rings. The summed E-state index contributed by atoms with van der Waals surface area (Å²) in [7, 11) is 12.1. The number of carbonyl (C=O) groups is 8. The monoisotopic (exact) mass is 1560 g/mol. The molecule has 9 rings (SSSR count). The number of nitrogens with zero attached hydrogens (tertiary/aromatic N) is 6. The molecule has 3 heterocycles. The molecule has 0 bridgehead atoms. The van der Waals surface area contributed by atoms with Crippen molar-refractivity contribution in [3.05, 3.63) is 89.9 Å². The molecule has 0 radical (unpaired) electrons. The molecular formula is C84H121N11O17. The third kappa shape index (κ3) is 25.4. The summed E-state index contributed by atoms with van der Waals surface area (Å²) in [5.41, 5.74) is 4.74. The molecule has 28 heteroatoms. The lowest BCUT2D eigenvalue weighted by atomic mass is 9.84. The van der Waals surface area contributed by atoms with Crippen LogP contribution in [-0.4, -0.2) is 170 Å². The van der Waals surface area contributed by atoms with Crippen LogP contribution in [0.15, 0.2) is 72.8 Å². The van der Waals surface area contributed by atoms with Crippen molar-refractivity contribution in [1.82, 2.24) is 55.9 Å². The van der Waals surface area contributed by atoms with Gasteiger partial charge < -0.3 is 69.6 Å². The minimum atomic E-state index is -1.01. The zero-order valence-corrected chi connectivity index (χ0v) is 68.2. The Morgan fingerprint density at radius 3 is 0.991 bits per heavy atom. The normalized spacial score (nSPS) is 15.0. The van der Waals surface area contributed by atoms with Crippen LogP contribution in [0.25, 0.3) is 33.8 Å². The van der Waals surface area contributed by atoms with Crippen molar-refractivity contribution >= 4 is 47.4 Å². The first-order chi connectivity index (χ1) is 54.0. The second-order valence-electron chi connectivity index (χ2n) is 29.7. The van der Waals surface area contributed by atoms with Crippen LogP contribution < -0.4 is 55.0 Å². The molecule has 0 saturated heterocycles. The number of hydrogen-bond donors (Lipinski definition) is 6. The van der Waals surface area contributed by atoms with E-state index in [-0.39, 0.29) is 36.1 Å². The summed E-state index contributed by atoms with van der Waals surface area (Å²) >= 11 is 0. The van der Waals surface area contributed by atoms with Crippen molar-refractivity contribution in [3.63, 3.8) is 0 Å². The fourth-order valence-corrected chi connectivity index (χ4v) is 14.8. The molecule has 0 aliphatic heterocycles. The van der Waals surface area contributed by atoms with Gasteiger partial charge in [-0.1, -0.05) is 175 Å². The molecule has 4 atom stereocenters. The zero-order valence-electron chi connectivity index (χ0n) is 68.2. The molecule has 1 unspecified atom stereocenters. The van der Waals surface area contributed by atoms with Crippen molar-refractivity contribution in [2.45, 2.75) is 214 Å². The fourth-order valence-electron chi connectivity index (χ4n) is 14.8. The van der Waals surface area contributed by atoms with Gasteiger partial charge in [-0.2, -0.15) is 15.3 Å². The standard InChI is InChI=1S/C30H44N4O6.C29H42N4O6.C25H35N3O5/c1-6-20(7-2)19-34-24(28-25(38-3)14-11-15-26(28)39-4)17-23(33-34)30(37)32-22(16-21-12-9-8-10-13-21)29(36)31-18-27(35)40-5;1-6-19(2)18-33-23(27-24(37-3)13-10-14-25(27)38-4)16-22(32-33)29(36)31-21(15-20-11-8-7-9-12-20)28(35)30-17-26(34)39-5;1-16(2)15-28-20(23-21(32-3)11-8-12-22(23)33-4)14-18(27-28)24(29)26-19(25(30)31)13-17-9-6-5-7-10-17/h11,14-15,17,20-22H,6-10,12-13,16,18-19H2,1-5H3,(H,31,36)(H,32,37);10,13-14,16,19-21H,6-9,11-12,15,17-18H2,1-5H3,(H,30,35)(H,31,36);8,11-12,14,16-17,19H,5-7,9-10,13,15H2,1-4H3,(H,26,29)(H,30,31)/t22-;19?,21-;19-/m000/s1. The summed E-state index contributed by atoms with van der Waals surface area (Å²) in [5.74, 6) is 1.21. The van der Waals surface area contributed by atoms with Crippen LogP contribution in [0.4, 0.5) is 0 Å². The Morgan fingerprint density at radius 2 is 0.714 bits per heavy atom. The van der Waals surface area contributed by atoms with Gasteiger partial charge in [-0.05, 0) is 109 Å². The summed E-state index contributed by atoms with van der Waals surface area (Å²) in [5, 5.41) is 37.3. The number of carboxylic acid groups (broad SMARTS) is 1. The highest BCUT2D eigenvalue weighted by Gasteiger charge is 2.34. The Kier molecular flexibility index (Phi) is 36.1. The van der Waals surface area contributed by atoms with Crippen molar-refractivity contribution in [2.24, 2.45) is 35.5 Å². The Balaban J connectivity index is 0.000000234. The van der Waals surface area contributed by atoms with Gasteiger partial charge >= 0.3 is 17.9 Å². The van der Waals surface area contributed by atoms with E-state index in [0.29, 0.717) is 137 Å². The summed E-state index contributed by atoms with van der Waals surface area (Å²) < 4.78 is 48.3. The molecule has 614 valence electrons. The number of aliphatic carboxylic acids is 1. The number of benzene rings is 3. The maximum absolute atomic E-state index is 13.6. The van der Waals surface area contributed by atoms with Crippen LogP contribution in [0, 0.1) is 35.5 Å². The third-order valence-corrected chi connectivity index (χ3v) is 21.4.